The molecule has 0 fully saturated rings. The van der Waals surface area contributed by atoms with Crippen LogP contribution in [0.15, 0.2) is 349 Å². The highest BCUT2D eigenvalue weighted by molar-refractivity contribution is 6.25. The summed E-state index contributed by atoms with van der Waals surface area (Å²) in [7, 11) is 0. The summed E-state index contributed by atoms with van der Waals surface area (Å²) in [6, 6.07) is 125. The molecule has 2 aromatic heterocycles. The van der Waals surface area contributed by atoms with Crippen molar-refractivity contribution in [1.29, 1.82) is 0 Å². The molecule has 2 nitrogen and oxygen atoms in total. The number of hydrogen-bond donors (Lipinski definition) is 0. The summed E-state index contributed by atoms with van der Waals surface area (Å²) in [5.74, 6) is 0. The number of fused-ring (bicyclic) bond motifs is 11. The van der Waals surface area contributed by atoms with Crippen molar-refractivity contribution in [3.8, 4) is 100 Å². The van der Waals surface area contributed by atoms with E-state index in [4.69, 9.17) is 8.83 Å². The Balaban J connectivity index is 0.734. The molecule has 94 heavy (non-hydrogen) atoms. The minimum atomic E-state index is 0.899. The number of para-hydroxylation sites is 2. The zero-order valence-electron chi connectivity index (χ0n) is 51.1. The SMILES string of the molecule is c1ccc(-c2cc(-c3c4ccccc4c(-c4cccc(-c5ccc6oc7ccccc7c6c5)c4)c4ccccc34)c3cc(-c4ccc(-c5ccc6c(-c7cccc(-c8ccc9oc%10ccccc%10c9c8)c7)c7ccccc7c(-c7ccccc7)c6c5)cc4)ccc3c2)cc1. The Bertz CT molecular complexity index is 6210. The van der Waals surface area contributed by atoms with Gasteiger partial charge < -0.3 is 8.83 Å². The van der Waals surface area contributed by atoms with E-state index in [1.54, 1.807) is 0 Å². The summed E-state index contributed by atoms with van der Waals surface area (Å²) in [6.07, 6.45) is 0. The molecule has 17 aromatic carbocycles. The lowest BCUT2D eigenvalue weighted by Crippen LogP contribution is -1.93. The van der Waals surface area contributed by atoms with Gasteiger partial charge in [0.2, 0.25) is 0 Å². The van der Waals surface area contributed by atoms with Gasteiger partial charge in [-0.05, 0) is 227 Å². The van der Waals surface area contributed by atoms with Crippen molar-refractivity contribution in [2.24, 2.45) is 0 Å². The van der Waals surface area contributed by atoms with Crippen LogP contribution in [0, 0.1) is 0 Å². The van der Waals surface area contributed by atoms with Gasteiger partial charge in [-0.15, -0.1) is 0 Å². The van der Waals surface area contributed by atoms with Gasteiger partial charge in [0.15, 0.2) is 0 Å². The van der Waals surface area contributed by atoms with E-state index < -0.39 is 0 Å². The van der Waals surface area contributed by atoms with Crippen molar-refractivity contribution in [3.63, 3.8) is 0 Å². The summed E-state index contributed by atoms with van der Waals surface area (Å²) in [5.41, 5.74) is 24.9. The predicted octanol–water partition coefficient (Wildman–Crippen LogP) is 26.3. The van der Waals surface area contributed by atoms with Gasteiger partial charge in [0, 0.05) is 21.5 Å². The molecule has 436 valence electrons. The van der Waals surface area contributed by atoms with Gasteiger partial charge in [-0.3, -0.25) is 0 Å². The summed E-state index contributed by atoms with van der Waals surface area (Å²) < 4.78 is 12.5. The van der Waals surface area contributed by atoms with E-state index in [-0.39, 0.29) is 0 Å². The van der Waals surface area contributed by atoms with Crippen molar-refractivity contribution in [1.82, 2.24) is 0 Å². The average Bonchev–Trinajstić information content (AvgIpc) is 1.07. The lowest BCUT2D eigenvalue weighted by Gasteiger charge is -2.20. The summed E-state index contributed by atoms with van der Waals surface area (Å²) in [5, 5.41) is 16.6. The molecule has 0 saturated carbocycles. The number of furan rings is 2. The first-order chi connectivity index (χ1) is 46.6. The number of hydrogen-bond acceptors (Lipinski definition) is 2. The van der Waals surface area contributed by atoms with E-state index in [0.29, 0.717) is 0 Å². The van der Waals surface area contributed by atoms with Crippen LogP contribution in [-0.2, 0) is 0 Å². The molecule has 0 N–H and O–H groups in total. The fourth-order valence-corrected chi connectivity index (χ4v) is 15.2. The third kappa shape index (κ3) is 8.80. The van der Waals surface area contributed by atoms with Gasteiger partial charge in [-0.1, -0.05) is 267 Å². The molecule has 0 atom stereocenters. The Morgan fingerprint density at radius 1 is 0.138 bits per heavy atom. The molecule has 0 aliphatic rings. The molecular weight excluding hydrogens is 1140 g/mol. The first kappa shape index (κ1) is 53.5. The standard InChI is InChI=1S/C92H56O2/c1-3-19-57(20-4-1)70-51-67-42-41-63(52-80(67)84(56-70)92-77-33-11-9-31-75(77)90(76-32-10-12-34-78(76)92)68-25-17-23-61(49-68)65-44-47-87-81(53-65)71-27-13-15-35-85(71)93-87)58-37-39-59(40-38-58)64-43-46-79-83(55-64)89(60-21-5-2-6-22-60)73-29-7-8-30-74(73)91(79)69-26-18-24-62(50-69)66-45-48-88-82(54-66)72-28-14-16-36-86(72)94-88/h1-56H. The highest BCUT2D eigenvalue weighted by Gasteiger charge is 2.23. The normalized spacial score (nSPS) is 11.8. The quantitative estimate of drug-likeness (QED) is 0.135. The highest BCUT2D eigenvalue weighted by atomic mass is 16.3. The van der Waals surface area contributed by atoms with E-state index >= 15 is 0 Å². The molecule has 0 aliphatic heterocycles. The lowest BCUT2D eigenvalue weighted by atomic mass is 9.83. The van der Waals surface area contributed by atoms with E-state index in [1.165, 1.54) is 115 Å². The van der Waals surface area contributed by atoms with Crippen LogP contribution in [0.3, 0.4) is 0 Å². The van der Waals surface area contributed by atoms with Crippen LogP contribution in [-0.4, -0.2) is 0 Å². The first-order valence-corrected chi connectivity index (χ1v) is 32.3. The van der Waals surface area contributed by atoms with Crippen LogP contribution in [0.25, 0.3) is 198 Å². The number of benzene rings is 17. The van der Waals surface area contributed by atoms with Crippen LogP contribution >= 0.6 is 0 Å². The molecule has 19 aromatic rings. The minimum absolute atomic E-state index is 0.899. The molecule has 0 unspecified atom stereocenters. The van der Waals surface area contributed by atoms with E-state index in [1.807, 2.05) is 24.3 Å². The van der Waals surface area contributed by atoms with Gasteiger partial charge >= 0.3 is 0 Å². The van der Waals surface area contributed by atoms with Crippen LogP contribution in [0.1, 0.15) is 0 Å². The fraction of sp³-hybridized carbons (Fsp3) is 0. The van der Waals surface area contributed by atoms with E-state index in [0.717, 1.165) is 82.8 Å². The summed E-state index contributed by atoms with van der Waals surface area (Å²) in [6.45, 7) is 0. The van der Waals surface area contributed by atoms with Gasteiger partial charge in [-0.2, -0.15) is 0 Å². The molecule has 19 rings (SSSR count). The first-order valence-electron chi connectivity index (χ1n) is 32.3. The minimum Gasteiger partial charge on any atom is -0.456 e. The van der Waals surface area contributed by atoms with Gasteiger partial charge in [0.05, 0.1) is 0 Å². The smallest absolute Gasteiger partial charge is 0.135 e. The Morgan fingerprint density at radius 2 is 0.457 bits per heavy atom. The zero-order valence-corrected chi connectivity index (χ0v) is 51.1. The van der Waals surface area contributed by atoms with Gasteiger partial charge in [-0.25, -0.2) is 0 Å². The molecule has 0 spiro atoms. The average molecular weight is 1190 g/mol. The molecule has 0 amide bonds. The highest BCUT2D eigenvalue weighted by Crippen LogP contribution is 2.50. The third-order valence-corrected chi connectivity index (χ3v) is 19.6. The molecule has 0 bridgehead atoms. The topological polar surface area (TPSA) is 26.3 Å². The largest absolute Gasteiger partial charge is 0.456 e. The maximum Gasteiger partial charge on any atom is 0.135 e. The van der Waals surface area contributed by atoms with Crippen molar-refractivity contribution in [2.45, 2.75) is 0 Å². The monoisotopic (exact) mass is 1190 g/mol. The summed E-state index contributed by atoms with van der Waals surface area (Å²) in [4.78, 5) is 0. The zero-order chi connectivity index (χ0) is 61.8. The molecular formula is C92H56O2. The molecule has 2 heteroatoms. The van der Waals surface area contributed by atoms with Crippen LogP contribution < -0.4 is 0 Å². The predicted molar refractivity (Wildman–Crippen MR) is 397 cm³/mol. The summed E-state index contributed by atoms with van der Waals surface area (Å²) >= 11 is 0. The van der Waals surface area contributed by atoms with Crippen molar-refractivity contribution < 1.29 is 8.83 Å². The van der Waals surface area contributed by atoms with E-state index in [2.05, 4.69) is 315 Å². The second-order valence-corrected chi connectivity index (χ2v) is 24.9. The Labute approximate surface area is 543 Å². The second-order valence-electron chi connectivity index (χ2n) is 24.9. The maximum absolute atomic E-state index is 6.25. The van der Waals surface area contributed by atoms with Gasteiger partial charge in [0.1, 0.15) is 22.3 Å². The fourth-order valence-electron chi connectivity index (χ4n) is 15.2. The van der Waals surface area contributed by atoms with Crippen LogP contribution in [0.2, 0.25) is 0 Å². The molecule has 0 saturated heterocycles. The molecule has 0 aliphatic carbocycles. The van der Waals surface area contributed by atoms with Crippen LogP contribution in [0.5, 0.6) is 0 Å². The molecule has 2 heterocycles. The second kappa shape index (κ2) is 21.7. The lowest BCUT2D eigenvalue weighted by molar-refractivity contribution is 0.668. The molecule has 0 radical (unpaired) electrons. The Hall–Kier alpha value is -12.4. The third-order valence-electron chi connectivity index (χ3n) is 19.6. The van der Waals surface area contributed by atoms with Gasteiger partial charge in [0.25, 0.3) is 0 Å². The van der Waals surface area contributed by atoms with Crippen molar-refractivity contribution in [3.05, 3.63) is 340 Å². The van der Waals surface area contributed by atoms with Crippen LogP contribution in [0.4, 0.5) is 0 Å². The van der Waals surface area contributed by atoms with Crippen molar-refractivity contribution >= 4 is 97.7 Å². The van der Waals surface area contributed by atoms with Crippen molar-refractivity contribution in [2.75, 3.05) is 0 Å². The Morgan fingerprint density at radius 3 is 0.968 bits per heavy atom. The number of rotatable bonds is 9. The Kier molecular flexibility index (Phi) is 12.3. The van der Waals surface area contributed by atoms with E-state index in [9.17, 15) is 0 Å². The maximum atomic E-state index is 6.25.